The lowest BCUT2D eigenvalue weighted by Crippen LogP contribution is -1.93. The number of aromatic nitrogens is 1. The molecule has 0 aliphatic rings. The third kappa shape index (κ3) is 2.33. The number of hydrogen-bond acceptors (Lipinski definition) is 1. The van der Waals surface area contributed by atoms with Crippen LogP contribution in [0.3, 0.4) is 0 Å². The van der Waals surface area contributed by atoms with Gasteiger partial charge in [-0.25, -0.2) is 4.98 Å². The van der Waals surface area contributed by atoms with Crippen molar-refractivity contribution in [1.29, 1.82) is 0 Å². The van der Waals surface area contributed by atoms with E-state index >= 15 is 0 Å². The molecule has 0 saturated heterocycles. The maximum Gasteiger partial charge on any atom is 0.0712 e. The predicted octanol–water partition coefficient (Wildman–Crippen LogP) is 5.12. The Hall–Kier alpha value is -1.89. The van der Waals surface area contributed by atoms with Gasteiger partial charge in [-0.3, -0.25) is 0 Å². The van der Waals surface area contributed by atoms with Crippen LogP contribution in [0.4, 0.5) is 0 Å². The molecular weight excluding hydrogens is 230 g/mol. The maximum absolute atomic E-state index is 4.77. The highest BCUT2D eigenvalue weighted by atomic mass is 14.7. The summed E-state index contributed by atoms with van der Waals surface area (Å²) in [5, 5.41) is 2.63. The quantitative estimate of drug-likeness (QED) is 0.462. The molecule has 1 nitrogen and oxygen atoms in total. The molecule has 0 atom stereocenters. The van der Waals surface area contributed by atoms with Gasteiger partial charge in [-0.05, 0) is 30.5 Å². The van der Waals surface area contributed by atoms with Gasteiger partial charge in [0.25, 0.3) is 0 Å². The largest absolute Gasteiger partial charge is 0.248 e. The molecular formula is C18H19N. The smallest absolute Gasteiger partial charge is 0.0712 e. The minimum atomic E-state index is 1.12. The predicted molar refractivity (Wildman–Crippen MR) is 82.5 cm³/mol. The average Bonchev–Trinajstić information content (AvgIpc) is 2.46. The number of nitrogens with zero attached hydrogens (tertiary/aromatic N) is 1. The van der Waals surface area contributed by atoms with Crippen LogP contribution in [0.1, 0.15) is 31.7 Å². The second-order valence-corrected chi connectivity index (χ2v) is 5.08. The zero-order chi connectivity index (χ0) is 13.1. The molecule has 3 aromatic rings. The molecule has 0 unspecified atom stereocenters. The van der Waals surface area contributed by atoms with Crippen LogP contribution < -0.4 is 0 Å². The minimum absolute atomic E-state index is 1.12. The summed E-state index contributed by atoms with van der Waals surface area (Å²) in [4.78, 5) is 4.77. The van der Waals surface area contributed by atoms with Gasteiger partial charge in [0.2, 0.25) is 0 Å². The molecule has 0 N–H and O–H groups in total. The lowest BCUT2D eigenvalue weighted by molar-refractivity contribution is 0.721. The Morgan fingerprint density at radius 1 is 0.789 bits per heavy atom. The van der Waals surface area contributed by atoms with Crippen LogP contribution in [0, 0.1) is 0 Å². The molecule has 96 valence electrons. The zero-order valence-electron chi connectivity index (χ0n) is 11.4. The van der Waals surface area contributed by atoms with Crippen molar-refractivity contribution in [3.8, 4) is 0 Å². The number of fused-ring (bicyclic) bond motifs is 2. The van der Waals surface area contributed by atoms with Crippen LogP contribution in [0.2, 0.25) is 0 Å². The van der Waals surface area contributed by atoms with Crippen molar-refractivity contribution in [2.24, 2.45) is 0 Å². The summed E-state index contributed by atoms with van der Waals surface area (Å²) in [6, 6.07) is 17.0. The second kappa shape index (κ2) is 5.40. The minimum Gasteiger partial charge on any atom is -0.248 e. The Balaban J connectivity index is 2.21. The first kappa shape index (κ1) is 12.2. The van der Waals surface area contributed by atoms with Crippen molar-refractivity contribution in [2.75, 3.05) is 0 Å². The van der Waals surface area contributed by atoms with Gasteiger partial charge < -0.3 is 0 Å². The van der Waals surface area contributed by atoms with E-state index in [1.165, 1.54) is 35.6 Å². The number of aryl methyl sites for hydroxylation is 1. The molecule has 1 heterocycles. The molecule has 0 radical (unpaired) electrons. The molecule has 1 aromatic heterocycles. The summed E-state index contributed by atoms with van der Waals surface area (Å²) in [7, 11) is 0. The van der Waals surface area contributed by atoms with E-state index < -0.39 is 0 Å². The molecule has 0 aliphatic carbocycles. The molecule has 0 saturated carbocycles. The van der Waals surface area contributed by atoms with Crippen LogP contribution in [-0.2, 0) is 6.42 Å². The van der Waals surface area contributed by atoms with E-state index in [9.17, 15) is 0 Å². The summed E-state index contributed by atoms with van der Waals surface area (Å²) >= 11 is 0. The van der Waals surface area contributed by atoms with Crippen molar-refractivity contribution < 1.29 is 0 Å². The third-order valence-corrected chi connectivity index (χ3v) is 3.73. The molecule has 19 heavy (non-hydrogen) atoms. The van der Waals surface area contributed by atoms with E-state index in [4.69, 9.17) is 4.98 Å². The van der Waals surface area contributed by atoms with E-state index in [0.717, 1.165) is 17.5 Å². The molecule has 0 amide bonds. The molecule has 3 rings (SSSR count). The number of benzene rings is 2. The molecule has 0 fully saturated rings. The Bertz CT molecular complexity index is 646. The number of unbranched alkanes of at least 4 members (excludes halogenated alkanes) is 2. The molecule has 2 aromatic carbocycles. The van der Waals surface area contributed by atoms with Gasteiger partial charge in [0.15, 0.2) is 0 Å². The Labute approximate surface area is 114 Å². The van der Waals surface area contributed by atoms with E-state index in [1.54, 1.807) is 0 Å². The van der Waals surface area contributed by atoms with Crippen molar-refractivity contribution in [3.63, 3.8) is 0 Å². The highest BCUT2D eigenvalue weighted by molar-refractivity contribution is 5.97. The standard InChI is InChI=1S/C18H19N/c1-2-3-4-9-14-15-10-5-7-12-17(15)19-18-13-8-6-11-16(14)18/h5-8,10-13H,2-4,9H2,1H3. The Morgan fingerprint density at radius 2 is 1.37 bits per heavy atom. The van der Waals surface area contributed by atoms with Gasteiger partial charge >= 0.3 is 0 Å². The fourth-order valence-electron chi connectivity index (χ4n) is 2.75. The van der Waals surface area contributed by atoms with Crippen LogP contribution in [0.5, 0.6) is 0 Å². The monoisotopic (exact) mass is 249 g/mol. The molecule has 1 heteroatoms. The first-order valence-electron chi connectivity index (χ1n) is 7.16. The van der Waals surface area contributed by atoms with Gasteiger partial charge in [-0.1, -0.05) is 56.2 Å². The average molecular weight is 249 g/mol. The lowest BCUT2D eigenvalue weighted by atomic mass is 9.98. The summed E-state index contributed by atoms with van der Waals surface area (Å²) in [6.07, 6.45) is 4.97. The summed E-state index contributed by atoms with van der Waals surface area (Å²) in [6.45, 7) is 2.25. The Morgan fingerprint density at radius 3 is 1.95 bits per heavy atom. The van der Waals surface area contributed by atoms with Gasteiger partial charge in [0.1, 0.15) is 0 Å². The topological polar surface area (TPSA) is 12.9 Å². The van der Waals surface area contributed by atoms with E-state index in [0.29, 0.717) is 0 Å². The zero-order valence-corrected chi connectivity index (χ0v) is 11.4. The maximum atomic E-state index is 4.77. The SMILES string of the molecule is CCCCCc1c2ccccc2nc2ccccc12. The van der Waals surface area contributed by atoms with E-state index in [1.807, 2.05) is 0 Å². The van der Waals surface area contributed by atoms with Gasteiger partial charge in [-0.2, -0.15) is 0 Å². The van der Waals surface area contributed by atoms with Crippen molar-refractivity contribution in [1.82, 2.24) is 4.98 Å². The summed E-state index contributed by atoms with van der Waals surface area (Å²) < 4.78 is 0. The van der Waals surface area contributed by atoms with Crippen molar-refractivity contribution >= 4 is 21.8 Å². The molecule has 0 spiro atoms. The highest BCUT2D eigenvalue weighted by Crippen LogP contribution is 2.27. The van der Waals surface area contributed by atoms with Gasteiger partial charge in [-0.15, -0.1) is 0 Å². The Kier molecular flexibility index (Phi) is 3.45. The number of hydrogen-bond donors (Lipinski definition) is 0. The summed E-state index contributed by atoms with van der Waals surface area (Å²) in [5.41, 5.74) is 3.70. The van der Waals surface area contributed by atoms with E-state index in [-0.39, 0.29) is 0 Å². The fourth-order valence-corrected chi connectivity index (χ4v) is 2.75. The molecule has 0 bridgehead atoms. The lowest BCUT2D eigenvalue weighted by Gasteiger charge is -2.10. The fraction of sp³-hybridized carbons (Fsp3) is 0.278. The van der Waals surface area contributed by atoms with E-state index in [2.05, 4.69) is 55.5 Å². The number of rotatable bonds is 4. The third-order valence-electron chi connectivity index (χ3n) is 3.73. The normalized spacial score (nSPS) is 11.2. The number of pyridine rings is 1. The van der Waals surface area contributed by atoms with Crippen LogP contribution >= 0.6 is 0 Å². The van der Waals surface area contributed by atoms with Crippen LogP contribution in [-0.4, -0.2) is 4.98 Å². The number of para-hydroxylation sites is 2. The van der Waals surface area contributed by atoms with Crippen LogP contribution in [0.15, 0.2) is 48.5 Å². The van der Waals surface area contributed by atoms with Gasteiger partial charge in [0, 0.05) is 10.8 Å². The summed E-state index contributed by atoms with van der Waals surface area (Å²) in [5.74, 6) is 0. The second-order valence-electron chi connectivity index (χ2n) is 5.08. The first-order chi connectivity index (χ1) is 9.40. The highest BCUT2D eigenvalue weighted by Gasteiger charge is 2.07. The molecule has 0 aliphatic heterocycles. The first-order valence-corrected chi connectivity index (χ1v) is 7.16. The van der Waals surface area contributed by atoms with Crippen molar-refractivity contribution in [2.45, 2.75) is 32.6 Å². The van der Waals surface area contributed by atoms with Gasteiger partial charge in [0.05, 0.1) is 11.0 Å². The van der Waals surface area contributed by atoms with Crippen LogP contribution in [0.25, 0.3) is 21.8 Å². The van der Waals surface area contributed by atoms with Crippen molar-refractivity contribution in [3.05, 3.63) is 54.1 Å².